The van der Waals surface area contributed by atoms with Crippen LogP contribution in [-0.2, 0) is 10.0 Å². The fourth-order valence-electron chi connectivity index (χ4n) is 5.22. The van der Waals surface area contributed by atoms with Crippen LogP contribution in [0.4, 0.5) is 5.69 Å². The molecule has 3 unspecified atom stereocenters. The summed E-state index contributed by atoms with van der Waals surface area (Å²) in [5.74, 6) is 0.974. The standard InChI is InChI=1S/C24H28N2O4S/c1-30-23-11-8-16(14-22(23)27)24-19-7-5-6-18(19)20-15-17(9-10-21(20)25-24)31(28,29)26-12-3-2-4-13-26/h5-6,8-11,14-15,18-19,24-25,27H,2-4,7,12-13H2,1H3. The summed E-state index contributed by atoms with van der Waals surface area (Å²) in [5.41, 5.74) is 2.98. The summed E-state index contributed by atoms with van der Waals surface area (Å²) in [6, 6.07) is 11.0. The van der Waals surface area contributed by atoms with Crippen molar-refractivity contribution in [2.45, 2.75) is 42.5 Å². The zero-order chi connectivity index (χ0) is 21.6. The van der Waals surface area contributed by atoms with Crippen LogP contribution >= 0.6 is 0 Å². The first-order valence-corrected chi connectivity index (χ1v) is 12.4. The van der Waals surface area contributed by atoms with Gasteiger partial charge in [-0.25, -0.2) is 8.42 Å². The molecule has 0 bridgehead atoms. The Morgan fingerprint density at radius 2 is 1.90 bits per heavy atom. The molecule has 3 aliphatic rings. The number of anilines is 1. The summed E-state index contributed by atoms with van der Waals surface area (Å²) in [7, 11) is -1.93. The first-order valence-electron chi connectivity index (χ1n) is 10.9. The number of hydrogen-bond acceptors (Lipinski definition) is 5. The molecule has 31 heavy (non-hydrogen) atoms. The van der Waals surface area contributed by atoms with Crippen molar-refractivity contribution in [3.8, 4) is 11.5 Å². The molecule has 2 aliphatic heterocycles. The summed E-state index contributed by atoms with van der Waals surface area (Å²) in [4.78, 5) is 0.384. The highest BCUT2D eigenvalue weighted by molar-refractivity contribution is 7.89. The van der Waals surface area contributed by atoms with Gasteiger partial charge < -0.3 is 15.2 Å². The lowest BCUT2D eigenvalue weighted by molar-refractivity contribution is 0.346. The lowest BCUT2D eigenvalue weighted by Crippen LogP contribution is -2.36. The topological polar surface area (TPSA) is 78.9 Å². The molecule has 164 valence electrons. The van der Waals surface area contributed by atoms with E-state index in [1.165, 1.54) is 7.11 Å². The van der Waals surface area contributed by atoms with Crippen molar-refractivity contribution in [1.82, 2.24) is 4.31 Å². The fourth-order valence-corrected chi connectivity index (χ4v) is 6.77. The number of aromatic hydroxyl groups is 1. The van der Waals surface area contributed by atoms with Crippen LogP contribution < -0.4 is 10.1 Å². The zero-order valence-corrected chi connectivity index (χ0v) is 18.4. The maximum atomic E-state index is 13.2. The molecule has 0 spiro atoms. The van der Waals surface area contributed by atoms with Crippen LogP contribution in [0.15, 0.2) is 53.4 Å². The highest BCUT2D eigenvalue weighted by atomic mass is 32.2. The lowest BCUT2D eigenvalue weighted by Gasteiger charge is -2.38. The third-order valence-corrected chi connectivity index (χ3v) is 8.74. The first kappa shape index (κ1) is 20.4. The van der Waals surface area contributed by atoms with E-state index in [9.17, 15) is 13.5 Å². The molecule has 7 heteroatoms. The van der Waals surface area contributed by atoms with Gasteiger partial charge in [-0.05, 0) is 66.6 Å². The molecule has 0 amide bonds. The minimum Gasteiger partial charge on any atom is -0.504 e. The Hall–Kier alpha value is -2.51. The first-order chi connectivity index (χ1) is 15.0. The van der Waals surface area contributed by atoms with E-state index >= 15 is 0 Å². The van der Waals surface area contributed by atoms with Gasteiger partial charge in [-0.2, -0.15) is 4.31 Å². The number of fused-ring (bicyclic) bond motifs is 3. The Morgan fingerprint density at radius 1 is 1.10 bits per heavy atom. The molecule has 2 N–H and O–H groups in total. The van der Waals surface area contributed by atoms with Gasteiger partial charge in [0.25, 0.3) is 0 Å². The van der Waals surface area contributed by atoms with Crippen LogP contribution in [0.25, 0.3) is 0 Å². The van der Waals surface area contributed by atoms with Gasteiger partial charge in [-0.1, -0.05) is 24.6 Å². The van der Waals surface area contributed by atoms with Crippen LogP contribution in [-0.4, -0.2) is 38.0 Å². The number of allylic oxidation sites excluding steroid dienone is 2. The Labute approximate surface area is 183 Å². The predicted octanol–water partition coefficient (Wildman–Crippen LogP) is 4.40. The van der Waals surface area contributed by atoms with E-state index in [1.807, 2.05) is 18.2 Å². The number of hydrogen-bond donors (Lipinski definition) is 2. The molecular weight excluding hydrogens is 412 g/mol. The molecule has 3 atom stereocenters. The normalized spacial score (nSPS) is 25.5. The second kappa shape index (κ2) is 7.88. The van der Waals surface area contributed by atoms with E-state index in [1.54, 1.807) is 22.5 Å². The number of nitrogens with zero attached hydrogens (tertiary/aromatic N) is 1. The van der Waals surface area contributed by atoms with Crippen molar-refractivity contribution >= 4 is 15.7 Å². The molecule has 0 aromatic heterocycles. The Bertz CT molecular complexity index is 1120. The van der Waals surface area contributed by atoms with Crippen molar-refractivity contribution in [2.24, 2.45) is 5.92 Å². The third kappa shape index (κ3) is 3.49. The van der Waals surface area contributed by atoms with E-state index < -0.39 is 10.0 Å². The molecule has 2 aromatic rings. The number of ether oxygens (including phenoxy) is 1. The van der Waals surface area contributed by atoms with Crippen molar-refractivity contribution < 1.29 is 18.3 Å². The monoisotopic (exact) mass is 440 g/mol. The fraction of sp³-hybridized carbons (Fsp3) is 0.417. The van der Waals surface area contributed by atoms with Crippen molar-refractivity contribution in [3.05, 3.63) is 59.7 Å². The van der Waals surface area contributed by atoms with Crippen LogP contribution in [0, 0.1) is 5.92 Å². The summed E-state index contributed by atoms with van der Waals surface area (Å²) >= 11 is 0. The van der Waals surface area contributed by atoms with E-state index in [0.717, 1.165) is 42.5 Å². The van der Waals surface area contributed by atoms with Gasteiger partial charge >= 0.3 is 0 Å². The molecular formula is C24H28N2O4S. The minimum absolute atomic E-state index is 0.0221. The molecule has 5 rings (SSSR count). The molecule has 0 radical (unpaired) electrons. The summed E-state index contributed by atoms with van der Waals surface area (Å²) in [6.45, 7) is 1.21. The molecule has 2 aromatic carbocycles. The maximum Gasteiger partial charge on any atom is 0.243 e. The number of methoxy groups -OCH3 is 1. The molecule has 0 saturated carbocycles. The summed E-state index contributed by atoms with van der Waals surface area (Å²) in [5, 5.41) is 13.9. The Balaban J connectivity index is 1.50. The van der Waals surface area contributed by atoms with E-state index in [0.29, 0.717) is 23.7 Å². The molecule has 2 heterocycles. The molecule has 1 saturated heterocycles. The van der Waals surface area contributed by atoms with Gasteiger partial charge in [0.1, 0.15) is 0 Å². The predicted molar refractivity (Wildman–Crippen MR) is 120 cm³/mol. The number of sulfonamides is 1. The van der Waals surface area contributed by atoms with Crippen LogP contribution in [0.5, 0.6) is 11.5 Å². The highest BCUT2D eigenvalue weighted by Gasteiger charge is 2.39. The minimum atomic E-state index is -3.47. The molecule has 1 fully saturated rings. The van der Waals surface area contributed by atoms with Gasteiger partial charge in [0, 0.05) is 24.7 Å². The van der Waals surface area contributed by atoms with Crippen molar-refractivity contribution in [3.63, 3.8) is 0 Å². The van der Waals surface area contributed by atoms with Gasteiger partial charge in [-0.15, -0.1) is 0 Å². The summed E-state index contributed by atoms with van der Waals surface area (Å²) in [6.07, 6.45) is 8.21. The Morgan fingerprint density at radius 3 is 2.65 bits per heavy atom. The quantitative estimate of drug-likeness (QED) is 0.689. The molecule has 6 nitrogen and oxygen atoms in total. The van der Waals surface area contributed by atoms with Crippen molar-refractivity contribution in [1.29, 1.82) is 0 Å². The highest BCUT2D eigenvalue weighted by Crippen LogP contribution is 2.51. The maximum absolute atomic E-state index is 13.2. The van der Waals surface area contributed by atoms with Crippen LogP contribution in [0.1, 0.15) is 48.8 Å². The van der Waals surface area contributed by atoms with E-state index in [-0.39, 0.29) is 23.6 Å². The lowest BCUT2D eigenvalue weighted by atomic mass is 9.77. The van der Waals surface area contributed by atoms with E-state index in [4.69, 9.17) is 4.74 Å². The second-order valence-corrected chi connectivity index (χ2v) is 10.6. The summed E-state index contributed by atoms with van der Waals surface area (Å²) < 4.78 is 33.2. The third-order valence-electron chi connectivity index (χ3n) is 6.85. The SMILES string of the molecule is COc1ccc(C2Nc3ccc(S(=O)(=O)N4CCCCC4)cc3C3C=CCC32)cc1O. The van der Waals surface area contributed by atoms with Crippen LogP contribution in [0.2, 0.25) is 0 Å². The smallest absolute Gasteiger partial charge is 0.243 e. The second-order valence-electron chi connectivity index (χ2n) is 8.62. The number of phenols is 1. The number of benzene rings is 2. The van der Waals surface area contributed by atoms with Gasteiger partial charge in [0.15, 0.2) is 11.5 Å². The zero-order valence-electron chi connectivity index (χ0n) is 17.6. The van der Waals surface area contributed by atoms with Gasteiger partial charge in [-0.3, -0.25) is 0 Å². The average molecular weight is 441 g/mol. The number of rotatable bonds is 4. The number of nitrogens with one attached hydrogen (secondary N) is 1. The van der Waals surface area contributed by atoms with Crippen molar-refractivity contribution in [2.75, 3.05) is 25.5 Å². The van der Waals surface area contributed by atoms with E-state index in [2.05, 4.69) is 17.5 Å². The average Bonchev–Trinajstić information content (AvgIpc) is 3.29. The number of piperidine rings is 1. The number of phenolic OH excluding ortho intramolecular Hbond substituents is 1. The Kier molecular flexibility index (Phi) is 5.18. The largest absolute Gasteiger partial charge is 0.504 e. The van der Waals surface area contributed by atoms with Crippen LogP contribution in [0.3, 0.4) is 0 Å². The van der Waals surface area contributed by atoms with Gasteiger partial charge in [0.05, 0.1) is 18.0 Å². The molecule has 1 aliphatic carbocycles. The van der Waals surface area contributed by atoms with Gasteiger partial charge in [0.2, 0.25) is 10.0 Å².